The van der Waals surface area contributed by atoms with Crippen LogP contribution in [0.25, 0.3) is 6.08 Å². The number of morpholine rings is 1. The number of sulfonamides is 1. The third kappa shape index (κ3) is 5.80. The van der Waals surface area contributed by atoms with Gasteiger partial charge in [0, 0.05) is 45.3 Å². The number of likely N-dealkylation sites (N-methyl/N-ethyl adjacent to an activating group) is 1. The highest BCUT2D eigenvalue weighted by molar-refractivity contribution is 7.89. The summed E-state index contributed by atoms with van der Waals surface area (Å²) in [5.41, 5.74) is 2.23. The fourth-order valence-electron chi connectivity index (χ4n) is 3.95. The molecule has 0 aliphatic carbocycles. The Morgan fingerprint density at radius 1 is 0.970 bits per heavy atom. The van der Waals surface area contributed by atoms with Crippen LogP contribution < -0.4 is 10.2 Å². The van der Waals surface area contributed by atoms with E-state index in [9.17, 15) is 13.2 Å². The van der Waals surface area contributed by atoms with Crippen LogP contribution in [-0.4, -0.2) is 83.1 Å². The number of piperazine rings is 1. The molecule has 33 heavy (non-hydrogen) atoms. The molecule has 0 radical (unpaired) electrons. The lowest BCUT2D eigenvalue weighted by Crippen LogP contribution is -2.44. The van der Waals surface area contributed by atoms with Crippen molar-refractivity contribution >= 4 is 33.4 Å². The third-order valence-electron chi connectivity index (χ3n) is 5.90. The van der Waals surface area contributed by atoms with Crippen molar-refractivity contribution in [2.45, 2.75) is 4.90 Å². The number of carbonyl (C=O) groups excluding carboxylic acids is 1. The van der Waals surface area contributed by atoms with Crippen LogP contribution in [0.2, 0.25) is 0 Å². The van der Waals surface area contributed by atoms with Gasteiger partial charge in [-0.2, -0.15) is 4.31 Å². The van der Waals surface area contributed by atoms with E-state index in [4.69, 9.17) is 4.74 Å². The summed E-state index contributed by atoms with van der Waals surface area (Å²) in [6.07, 6.45) is 3.20. The summed E-state index contributed by atoms with van der Waals surface area (Å²) in [4.78, 5) is 17.3. The maximum Gasteiger partial charge on any atom is 0.248 e. The Hall–Kier alpha value is -2.72. The highest BCUT2D eigenvalue weighted by Crippen LogP contribution is 2.31. The average Bonchev–Trinajstić information content (AvgIpc) is 2.84. The number of ether oxygens (including phenoxy) is 1. The Morgan fingerprint density at radius 2 is 1.67 bits per heavy atom. The van der Waals surface area contributed by atoms with E-state index < -0.39 is 10.0 Å². The minimum Gasteiger partial charge on any atom is -0.379 e. The first-order valence-electron chi connectivity index (χ1n) is 11.1. The van der Waals surface area contributed by atoms with Gasteiger partial charge in [-0.3, -0.25) is 4.79 Å². The van der Waals surface area contributed by atoms with E-state index in [-0.39, 0.29) is 10.8 Å². The van der Waals surface area contributed by atoms with Gasteiger partial charge in [0.2, 0.25) is 15.9 Å². The number of nitrogens with one attached hydrogen (secondary N) is 1. The van der Waals surface area contributed by atoms with Crippen LogP contribution in [0.1, 0.15) is 5.56 Å². The summed E-state index contributed by atoms with van der Waals surface area (Å²) in [5.74, 6) is -0.310. The van der Waals surface area contributed by atoms with Crippen molar-refractivity contribution in [3.63, 3.8) is 0 Å². The van der Waals surface area contributed by atoms with E-state index in [0.717, 1.165) is 37.4 Å². The van der Waals surface area contributed by atoms with E-state index in [2.05, 4.69) is 22.2 Å². The van der Waals surface area contributed by atoms with E-state index in [1.807, 2.05) is 30.3 Å². The molecule has 2 aromatic rings. The van der Waals surface area contributed by atoms with Gasteiger partial charge in [-0.1, -0.05) is 30.3 Å². The topological polar surface area (TPSA) is 82.2 Å². The number of anilines is 2. The van der Waals surface area contributed by atoms with Crippen molar-refractivity contribution in [2.24, 2.45) is 0 Å². The molecule has 2 saturated heterocycles. The van der Waals surface area contributed by atoms with E-state index in [1.165, 1.54) is 10.4 Å². The Bertz CT molecular complexity index is 1090. The van der Waals surface area contributed by atoms with Gasteiger partial charge in [-0.05, 0) is 36.9 Å². The fraction of sp³-hybridized carbons (Fsp3) is 0.375. The number of hydrogen-bond acceptors (Lipinski definition) is 6. The number of rotatable bonds is 6. The third-order valence-corrected chi connectivity index (χ3v) is 7.80. The average molecular weight is 471 g/mol. The first-order valence-corrected chi connectivity index (χ1v) is 12.6. The molecule has 8 nitrogen and oxygen atoms in total. The Balaban J connectivity index is 1.61. The SMILES string of the molecule is CN1CCN(c2ccc(S(=O)(=O)N3CCOCC3)cc2NC(=O)/C=C/c2ccccc2)CC1. The predicted molar refractivity (Wildman–Crippen MR) is 130 cm³/mol. The number of carbonyl (C=O) groups is 1. The Labute approximate surface area is 195 Å². The van der Waals surface area contributed by atoms with Crippen LogP contribution >= 0.6 is 0 Å². The lowest BCUT2D eigenvalue weighted by atomic mass is 10.2. The van der Waals surface area contributed by atoms with Crippen LogP contribution in [0.3, 0.4) is 0 Å². The van der Waals surface area contributed by atoms with Crippen molar-refractivity contribution in [1.29, 1.82) is 0 Å². The summed E-state index contributed by atoms with van der Waals surface area (Å²) < 4.78 is 33.1. The van der Waals surface area contributed by atoms with Crippen LogP contribution in [0.15, 0.2) is 59.5 Å². The normalized spacial score (nSPS) is 18.5. The molecule has 0 bridgehead atoms. The molecular weight excluding hydrogens is 440 g/mol. The largest absolute Gasteiger partial charge is 0.379 e. The quantitative estimate of drug-likeness (QED) is 0.652. The second-order valence-electron chi connectivity index (χ2n) is 8.22. The Morgan fingerprint density at radius 3 is 2.36 bits per heavy atom. The van der Waals surface area contributed by atoms with Crippen molar-refractivity contribution in [3.8, 4) is 0 Å². The molecule has 1 amide bonds. The van der Waals surface area contributed by atoms with E-state index >= 15 is 0 Å². The molecule has 2 aromatic carbocycles. The lowest BCUT2D eigenvalue weighted by Gasteiger charge is -2.35. The van der Waals surface area contributed by atoms with Crippen molar-refractivity contribution in [3.05, 3.63) is 60.2 Å². The lowest BCUT2D eigenvalue weighted by molar-refractivity contribution is -0.111. The standard InChI is InChI=1S/C24H30N4O4S/c1-26-11-13-27(14-12-26)23-9-8-21(33(30,31)28-15-17-32-18-16-28)19-22(23)25-24(29)10-7-20-5-3-2-4-6-20/h2-10,19H,11-18H2,1H3,(H,25,29)/b10-7+. The monoisotopic (exact) mass is 470 g/mol. The van der Waals surface area contributed by atoms with Crippen LogP contribution in [0, 0.1) is 0 Å². The van der Waals surface area contributed by atoms with Gasteiger partial charge in [0.15, 0.2) is 0 Å². The molecule has 9 heteroatoms. The summed E-state index contributed by atoms with van der Waals surface area (Å²) in [6, 6.07) is 14.6. The maximum absolute atomic E-state index is 13.2. The van der Waals surface area contributed by atoms with Crippen molar-refractivity contribution in [2.75, 3.05) is 69.7 Å². The summed E-state index contributed by atoms with van der Waals surface area (Å²) in [7, 11) is -1.60. The molecule has 2 aliphatic rings. The minimum atomic E-state index is -3.67. The molecule has 4 rings (SSSR count). The molecule has 176 valence electrons. The van der Waals surface area contributed by atoms with Gasteiger partial charge >= 0.3 is 0 Å². The molecule has 0 saturated carbocycles. The summed E-state index contributed by atoms with van der Waals surface area (Å²) >= 11 is 0. The zero-order chi connectivity index (χ0) is 23.3. The van der Waals surface area contributed by atoms with Gasteiger partial charge in [-0.15, -0.1) is 0 Å². The molecule has 2 fully saturated rings. The highest BCUT2D eigenvalue weighted by Gasteiger charge is 2.28. The van der Waals surface area contributed by atoms with Gasteiger partial charge in [0.05, 0.1) is 29.5 Å². The van der Waals surface area contributed by atoms with Gasteiger partial charge in [-0.25, -0.2) is 8.42 Å². The molecule has 2 heterocycles. The van der Waals surface area contributed by atoms with Crippen LogP contribution in [0.4, 0.5) is 11.4 Å². The molecule has 0 unspecified atom stereocenters. The van der Waals surface area contributed by atoms with Crippen LogP contribution in [0.5, 0.6) is 0 Å². The van der Waals surface area contributed by atoms with Crippen molar-refractivity contribution < 1.29 is 17.9 Å². The van der Waals surface area contributed by atoms with E-state index in [0.29, 0.717) is 32.0 Å². The molecule has 0 aromatic heterocycles. The molecule has 0 atom stereocenters. The van der Waals surface area contributed by atoms with Gasteiger partial charge < -0.3 is 19.9 Å². The second kappa shape index (κ2) is 10.5. The summed E-state index contributed by atoms with van der Waals surface area (Å²) in [6.45, 7) is 4.81. The van der Waals surface area contributed by atoms with Crippen LogP contribution in [-0.2, 0) is 19.6 Å². The predicted octanol–water partition coefficient (Wildman–Crippen LogP) is 2.11. The Kier molecular flexibility index (Phi) is 7.44. The first-order chi connectivity index (χ1) is 15.9. The molecule has 0 spiro atoms. The highest BCUT2D eigenvalue weighted by atomic mass is 32.2. The maximum atomic E-state index is 13.2. The number of amides is 1. The second-order valence-corrected chi connectivity index (χ2v) is 10.2. The van der Waals surface area contributed by atoms with Gasteiger partial charge in [0.1, 0.15) is 0 Å². The zero-order valence-corrected chi connectivity index (χ0v) is 19.6. The number of nitrogens with zero attached hydrogens (tertiary/aromatic N) is 3. The smallest absolute Gasteiger partial charge is 0.248 e. The fourth-order valence-corrected chi connectivity index (χ4v) is 5.38. The van der Waals surface area contributed by atoms with E-state index in [1.54, 1.807) is 24.3 Å². The number of benzene rings is 2. The first kappa shape index (κ1) is 23.4. The summed E-state index contributed by atoms with van der Waals surface area (Å²) in [5, 5.41) is 2.92. The number of hydrogen-bond donors (Lipinski definition) is 1. The minimum absolute atomic E-state index is 0.171. The molecule has 2 aliphatic heterocycles. The zero-order valence-electron chi connectivity index (χ0n) is 18.8. The van der Waals surface area contributed by atoms with Gasteiger partial charge in [0.25, 0.3) is 0 Å². The molecule has 1 N–H and O–H groups in total. The van der Waals surface area contributed by atoms with Crippen molar-refractivity contribution in [1.82, 2.24) is 9.21 Å². The molecular formula is C24H30N4O4S.